The summed E-state index contributed by atoms with van der Waals surface area (Å²) in [5, 5.41) is 20.6. The number of Topliss-reactive ketones (excluding diaryl/α,β-unsaturated/α-hetero) is 1. The molecule has 6 nitrogen and oxygen atoms in total. The summed E-state index contributed by atoms with van der Waals surface area (Å²) in [7, 11) is 1.52. The summed E-state index contributed by atoms with van der Waals surface area (Å²) in [4.78, 5) is 27.6. The number of aliphatic hydroxyl groups excluding tert-OH is 1. The van der Waals surface area contributed by atoms with E-state index in [2.05, 4.69) is 0 Å². The number of aliphatic hydroxyl groups is 1. The Morgan fingerprint density at radius 3 is 2.44 bits per heavy atom. The monoisotopic (exact) mass is 444 g/mol. The number of benzene rings is 3. The zero-order chi connectivity index (χ0) is 22.8. The highest BCUT2D eigenvalue weighted by Crippen LogP contribution is 2.43. The first-order chi connectivity index (χ1) is 15.4. The second-order valence-electron chi connectivity index (χ2n) is 7.11. The normalized spacial score (nSPS) is 17.3. The van der Waals surface area contributed by atoms with Crippen LogP contribution in [0.5, 0.6) is 5.75 Å². The van der Waals surface area contributed by atoms with Gasteiger partial charge in [0.1, 0.15) is 11.5 Å². The van der Waals surface area contributed by atoms with Gasteiger partial charge in [0.2, 0.25) is 0 Å². The Labute approximate surface area is 189 Å². The lowest BCUT2D eigenvalue weighted by Crippen LogP contribution is -2.29. The van der Waals surface area contributed by atoms with Crippen LogP contribution in [-0.4, -0.2) is 23.9 Å². The third-order valence-corrected chi connectivity index (χ3v) is 5.46. The largest absolute Gasteiger partial charge is 0.507 e. The van der Waals surface area contributed by atoms with Crippen molar-refractivity contribution in [2.45, 2.75) is 6.04 Å². The van der Waals surface area contributed by atoms with E-state index in [9.17, 15) is 14.7 Å². The highest BCUT2D eigenvalue weighted by Gasteiger charge is 2.47. The first-order valence-electron chi connectivity index (χ1n) is 9.65. The van der Waals surface area contributed by atoms with Gasteiger partial charge in [-0.2, -0.15) is 5.26 Å². The van der Waals surface area contributed by atoms with Crippen LogP contribution in [0.15, 0.2) is 78.4 Å². The van der Waals surface area contributed by atoms with Crippen LogP contribution in [0, 0.1) is 11.3 Å². The van der Waals surface area contributed by atoms with E-state index in [1.54, 1.807) is 66.7 Å². The molecule has 1 heterocycles. The fourth-order valence-electron chi connectivity index (χ4n) is 3.71. The molecule has 3 aromatic carbocycles. The van der Waals surface area contributed by atoms with Gasteiger partial charge in [0.15, 0.2) is 0 Å². The molecule has 0 radical (unpaired) electrons. The maximum Gasteiger partial charge on any atom is 0.300 e. The molecule has 32 heavy (non-hydrogen) atoms. The lowest BCUT2D eigenvalue weighted by atomic mass is 9.95. The van der Waals surface area contributed by atoms with Gasteiger partial charge < -0.3 is 9.84 Å². The Morgan fingerprint density at radius 2 is 1.78 bits per heavy atom. The molecule has 7 heteroatoms. The first kappa shape index (κ1) is 21.2. The minimum atomic E-state index is -0.906. The summed E-state index contributed by atoms with van der Waals surface area (Å²) in [6.45, 7) is 0. The number of carbonyl (C=O) groups is 2. The molecular formula is C25H17ClN2O4. The van der Waals surface area contributed by atoms with E-state index in [4.69, 9.17) is 21.6 Å². The van der Waals surface area contributed by atoms with Gasteiger partial charge >= 0.3 is 0 Å². The Balaban J connectivity index is 1.95. The molecule has 1 atom stereocenters. The highest BCUT2D eigenvalue weighted by molar-refractivity contribution is 6.51. The van der Waals surface area contributed by atoms with Gasteiger partial charge in [-0.3, -0.25) is 14.5 Å². The third kappa shape index (κ3) is 3.70. The molecule has 158 valence electrons. The van der Waals surface area contributed by atoms with E-state index in [-0.39, 0.29) is 11.3 Å². The number of halogens is 1. The summed E-state index contributed by atoms with van der Waals surface area (Å²) < 4.78 is 5.31. The van der Waals surface area contributed by atoms with E-state index >= 15 is 0 Å². The molecule has 0 bridgehead atoms. The van der Waals surface area contributed by atoms with Gasteiger partial charge in [-0.05, 0) is 54.1 Å². The molecule has 1 aliphatic rings. The summed E-state index contributed by atoms with van der Waals surface area (Å²) in [5.41, 5.74) is 1.68. The summed E-state index contributed by atoms with van der Waals surface area (Å²) >= 11 is 6.07. The quantitative estimate of drug-likeness (QED) is 0.353. The van der Waals surface area contributed by atoms with Crippen LogP contribution in [-0.2, 0) is 9.59 Å². The lowest BCUT2D eigenvalue weighted by Gasteiger charge is -2.25. The molecule has 1 N–H and O–H groups in total. The van der Waals surface area contributed by atoms with Crippen molar-refractivity contribution in [2.24, 2.45) is 0 Å². The minimum Gasteiger partial charge on any atom is -0.507 e. The number of methoxy groups -OCH3 is 1. The Bertz CT molecular complexity index is 1290. The Kier molecular flexibility index (Phi) is 5.67. The standard InChI is InChI=1S/C25H17ClN2O4/c1-32-20-7-3-4-16(13-20)22-21(23(29)17-5-2-6-18(26)12-17)24(30)25(31)28(22)19-10-8-15(14-27)9-11-19/h2-13,22,29H,1H3/b23-21-. The van der Waals surface area contributed by atoms with E-state index in [0.29, 0.717) is 33.1 Å². The predicted molar refractivity (Wildman–Crippen MR) is 120 cm³/mol. The molecule has 1 aliphatic heterocycles. The second-order valence-corrected chi connectivity index (χ2v) is 7.55. The average molecular weight is 445 g/mol. The van der Waals surface area contributed by atoms with E-state index in [1.807, 2.05) is 6.07 Å². The number of nitrogens with zero attached hydrogens (tertiary/aromatic N) is 2. The fourth-order valence-corrected chi connectivity index (χ4v) is 3.90. The van der Waals surface area contributed by atoms with Crippen LogP contribution in [0.3, 0.4) is 0 Å². The van der Waals surface area contributed by atoms with Crippen LogP contribution >= 0.6 is 11.6 Å². The van der Waals surface area contributed by atoms with Crippen LogP contribution in [0.1, 0.15) is 22.7 Å². The van der Waals surface area contributed by atoms with Gasteiger partial charge in [0.25, 0.3) is 11.7 Å². The number of amides is 1. The number of nitriles is 1. The van der Waals surface area contributed by atoms with Crippen molar-refractivity contribution in [1.29, 1.82) is 5.26 Å². The fraction of sp³-hybridized carbons (Fsp3) is 0.0800. The van der Waals surface area contributed by atoms with Crippen molar-refractivity contribution in [1.82, 2.24) is 0 Å². The maximum atomic E-state index is 13.1. The summed E-state index contributed by atoms with van der Waals surface area (Å²) in [6, 6.07) is 20.8. The number of hydrogen-bond donors (Lipinski definition) is 1. The molecule has 0 saturated carbocycles. The van der Waals surface area contributed by atoms with Crippen molar-refractivity contribution in [3.05, 3.63) is 100 Å². The van der Waals surface area contributed by atoms with Crippen molar-refractivity contribution >= 4 is 34.7 Å². The first-order valence-corrected chi connectivity index (χ1v) is 10.0. The molecule has 0 aromatic heterocycles. The molecule has 4 rings (SSSR count). The van der Waals surface area contributed by atoms with Crippen molar-refractivity contribution in [2.75, 3.05) is 12.0 Å². The maximum absolute atomic E-state index is 13.1. The molecular weight excluding hydrogens is 428 g/mol. The summed E-state index contributed by atoms with van der Waals surface area (Å²) in [5.74, 6) is -1.39. The van der Waals surface area contributed by atoms with Gasteiger partial charge in [0, 0.05) is 16.3 Å². The number of hydrogen-bond acceptors (Lipinski definition) is 5. The molecule has 0 spiro atoms. The molecule has 1 amide bonds. The van der Waals surface area contributed by atoms with Gasteiger partial charge in [-0.25, -0.2) is 0 Å². The molecule has 0 aliphatic carbocycles. The van der Waals surface area contributed by atoms with E-state index in [1.165, 1.54) is 18.1 Å². The molecule has 1 saturated heterocycles. The Hall–Kier alpha value is -4.08. The van der Waals surface area contributed by atoms with Crippen molar-refractivity contribution < 1.29 is 19.4 Å². The lowest BCUT2D eigenvalue weighted by molar-refractivity contribution is -0.132. The number of ketones is 1. The predicted octanol–water partition coefficient (Wildman–Crippen LogP) is 4.85. The highest BCUT2D eigenvalue weighted by atomic mass is 35.5. The topological polar surface area (TPSA) is 90.6 Å². The number of anilines is 1. The Morgan fingerprint density at radius 1 is 1.06 bits per heavy atom. The molecule has 1 fully saturated rings. The van der Waals surface area contributed by atoms with Crippen molar-refractivity contribution in [3.63, 3.8) is 0 Å². The number of rotatable bonds is 4. The van der Waals surface area contributed by atoms with Gasteiger partial charge in [-0.1, -0.05) is 35.9 Å². The van der Waals surface area contributed by atoms with Crippen LogP contribution in [0.25, 0.3) is 5.76 Å². The van der Waals surface area contributed by atoms with E-state index in [0.717, 1.165) is 0 Å². The zero-order valence-electron chi connectivity index (χ0n) is 16.9. The number of ether oxygens (including phenoxy) is 1. The average Bonchev–Trinajstić information content (AvgIpc) is 3.09. The SMILES string of the molecule is COc1cccc(C2/C(=C(/O)c3cccc(Cl)c3)C(=O)C(=O)N2c2ccc(C#N)cc2)c1. The van der Waals surface area contributed by atoms with Crippen LogP contribution in [0.4, 0.5) is 5.69 Å². The van der Waals surface area contributed by atoms with Crippen LogP contribution < -0.4 is 9.64 Å². The number of carbonyl (C=O) groups excluding carboxylic acids is 2. The summed E-state index contributed by atoms with van der Waals surface area (Å²) in [6.07, 6.45) is 0. The minimum absolute atomic E-state index is 0.0603. The third-order valence-electron chi connectivity index (χ3n) is 5.23. The van der Waals surface area contributed by atoms with Crippen LogP contribution in [0.2, 0.25) is 5.02 Å². The van der Waals surface area contributed by atoms with Gasteiger partial charge in [-0.15, -0.1) is 0 Å². The zero-order valence-corrected chi connectivity index (χ0v) is 17.7. The second kappa shape index (κ2) is 8.58. The molecule has 1 unspecified atom stereocenters. The van der Waals surface area contributed by atoms with Crippen molar-refractivity contribution in [3.8, 4) is 11.8 Å². The molecule has 3 aromatic rings. The van der Waals surface area contributed by atoms with Gasteiger partial charge in [0.05, 0.1) is 30.4 Å². The smallest absolute Gasteiger partial charge is 0.300 e. The van der Waals surface area contributed by atoms with E-state index < -0.39 is 17.7 Å².